The van der Waals surface area contributed by atoms with Crippen molar-refractivity contribution in [2.45, 2.75) is 24.6 Å². The summed E-state index contributed by atoms with van der Waals surface area (Å²) in [5, 5.41) is 20.4. The summed E-state index contributed by atoms with van der Waals surface area (Å²) in [6.07, 6.45) is -3.35. The van der Waals surface area contributed by atoms with Crippen LogP contribution >= 0.6 is 0 Å². The van der Waals surface area contributed by atoms with Gasteiger partial charge in [0.25, 0.3) is 0 Å². The SMILES string of the molecule is C/N=C\NC1OC(CO)[C@@H](O)[C@H]1F. The molecule has 0 aromatic rings. The molecule has 3 N–H and O–H groups in total. The van der Waals surface area contributed by atoms with Gasteiger partial charge in [0.15, 0.2) is 12.4 Å². The van der Waals surface area contributed by atoms with Crippen LogP contribution in [-0.4, -0.2) is 54.8 Å². The van der Waals surface area contributed by atoms with E-state index in [0.29, 0.717) is 0 Å². The van der Waals surface area contributed by atoms with Crippen molar-refractivity contribution in [3.63, 3.8) is 0 Å². The first-order valence-electron chi connectivity index (χ1n) is 3.96. The molecular formula is C7H13FN2O3. The first-order chi connectivity index (χ1) is 6.20. The molecule has 0 spiro atoms. The lowest BCUT2D eigenvalue weighted by Crippen LogP contribution is -2.37. The second kappa shape index (κ2) is 4.50. The lowest BCUT2D eigenvalue weighted by Gasteiger charge is -2.11. The molecular weight excluding hydrogens is 179 g/mol. The third kappa shape index (κ3) is 2.15. The highest BCUT2D eigenvalue weighted by atomic mass is 19.1. The van der Waals surface area contributed by atoms with E-state index in [1.807, 2.05) is 0 Å². The van der Waals surface area contributed by atoms with Crippen molar-refractivity contribution >= 4 is 6.34 Å². The number of aliphatic imine (C=N–C) groups is 1. The molecule has 13 heavy (non-hydrogen) atoms. The Labute approximate surface area is 75.2 Å². The van der Waals surface area contributed by atoms with Crippen LogP contribution in [0.25, 0.3) is 0 Å². The molecule has 0 aliphatic carbocycles. The zero-order valence-electron chi connectivity index (χ0n) is 7.22. The van der Waals surface area contributed by atoms with E-state index in [2.05, 4.69) is 10.3 Å². The van der Waals surface area contributed by atoms with Crippen LogP contribution in [0.5, 0.6) is 0 Å². The number of ether oxygens (including phenoxy) is 1. The van der Waals surface area contributed by atoms with Gasteiger partial charge in [0.2, 0.25) is 0 Å². The van der Waals surface area contributed by atoms with E-state index in [-0.39, 0.29) is 0 Å². The highest BCUT2D eigenvalue weighted by Gasteiger charge is 2.43. The summed E-state index contributed by atoms with van der Waals surface area (Å²) in [6.45, 7) is -0.400. The van der Waals surface area contributed by atoms with Gasteiger partial charge in [-0.2, -0.15) is 0 Å². The molecule has 1 rings (SSSR count). The summed E-state index contributed by atoms with van der Waals surface area (Å²) in [5.74, 6) is 0. The standard InChI is InChI=1S/C7H13FN2O3/c1-9-3-10-7-5(8)6(12)4(2-11)13-7/h3-7,11-12H,2H2,1H3,(H,9,10)/t4?,5-,6-,7?/m1/s1. The molecule has 4 atom stereocenters. The fraction of sp³-hybridized carbons (Fsp3) is 0.857. The van der Waals surface area contributed by atoms with E-state index in [1.54, 1.807) is 0 Å². The van der Waals surface area contributed by atoms with E-state index in [1.165, 1.54) is 13.4 Å². The Bertz CT molecular complexity index is 191. The summed E-state index contributed by atoms with van der Waals surface area (Å²) < 4.78 is 18.1. The number of hydrogen-bond donors (Lipinski definition) is 3. The van der Waals surface area contributed by atoms with Crippen LogP contribution in [0.4, 0.5) is 4.39 Å². The maximum Gasteiger partial charge on any atom is 0.173 e. The van der Waals surface area contributed by atoms with Crippen LogP contribution in [0.3, 0.4) is 0 Å². The van der Waals surface area contributed by atoms with Gasteiger partial charge in [-0.25, -0.2) is 4.39 Å². The van der Waals surface area contributed by atoms with Crippen molar-refractivity contribution in [1.82, 2.24) is 5.32 Å². The third-order valence-corrected chi connectivity index (χ3v) is 1.87. The van der Waals surface area contributed by atoms with Gasteiger partial charge in [0.05, 0.1) is 12.9 Å². The number of aliphatic hydroxyl groups is 2. The highest BCUT2D eigenvalue weighted by molar-refractivity contribution is 5.54. The van der Waals surface area contributed by atoms with Crippen molar-refractivity contribution in [3.05, 3.63) is 0 Å². The number of alkyl halides is 1. The largest absolute Gasteiger partial charge is 0.394 e. The molecule has 0 aromatic carbocycles. The predicted octanol–water partition coefficient (Wildman–Crippen LogP) is -1.35. The summed E-state index contributed by atoms with van der Waals surface area (Å²) >= 11 is 0. The Balaban J connectivity index is 2.50. The number of nitrogens with zero attached hydrogens (tertiary/aromatic N) is 1. The van der Waals surface area contributed by atoms with Crippen LogP contribution in [0.2, 0.25) is 0 Å². The average Bonchev–Trinajstić information content (AvgIpc) is 2.41. The van der Waals surface area contributed by atoms with Crippen molar-refractivity contribution in [1.29, 1.82) is 0 Å². The quantitative estimate of drug-likeness (QED) is 0.382. The first-order valence-corrected chi connectivity index (χ1v) is 3.96. The van der Waals surface area contributed by atoms with E-state index >= 15 is 0 Å². The minimum atomic E-state index is -1.55. The molecule has 2 unspecified atom stereocenters. The second-order valence-corrected chi connectivity index (χ2v) is 2.77. The van der Waals surface area contributed by atoms with Gasteiger partial charge in [0, 0.05) is 7.05 Å². The molecule has 1 heterocycles. The molecule has 5 nitrogen and oxygen atoms in total. The van der Waals surface area contributed by atoms with Crippen LogP contribution in [0.1, 0.15) is 0 Å². The number of nitrogens with one attached hydrogen (secondary N) is 1. The third-order valence-electron chi connectivity index (χ3n) is 1.87. The normalized spacial score (nSPS) is 40.0. The molecule has 0 bridgehead atoms. The van der Waals surface area contributed by atoms with Gasteiger partial charge in [-0.05, 0) is 0 Å². The lowest BCUT2D eigenvalue weighted by atomic mass is 10.1. The van der Waals surface area contributed by atoms with Gasteiger partial charge in [-0.3, -0.25) is 4.99 Å². The molecule has 0 saturated carbocycles. The molecule has 1 saturated heterocycles. The monoisotopic (exact) mass is 192 g/mol. The molecule has 0 radical (unpaired) electrons. The topological polar surface area (TPSA) is 74.1 Å². The Kier molecular flexibility index (Phi) is 3.58. The molecule has 6 heteroatoms. The van der Waals surface area contributed by atoms with Gasteiger partial charge in [-0.1, -0.05) is 0 Å². The fourth-order valence-corrected chi connectivity index (χ4v) is 1.16. The van der Waals surface area contributed by atoms with Crippen molar-refractivity contribution < 1.29 is 19.3 Å². The van der Waals surface area contributed by atoms with Gasteiger partial charge >= 0.3 is 0 Å². The average molecular weight is 192 g/mol. The molecule has 0 amide bonds. The molecule has 1 aliphatic rings. The van der Waals surface area contributed by atoms with Crippen molar-refractivity contribution in [2.24, 2.45) is 4.99 Å². The Morgan fingerprint density at radius 2 is 2.38 bits per heavy atom. The Morgan fingerprint density at radius 1 is 1.69 bits per heavy atom. The number of rotatable bonds is 3. The second-order valence-electron chi connectivity index (χ2n) is 2.77. The molecule has 1 aliphatic heterocycles. The van der Waals surface area contributed by atoms with Crippen LogP contribution in [-0.2, 0) is 4.74 Å². The highest BCUT2D eigenvalue weighted by Crippen LogP contribution is 2.21. The summed E-state index contributed by atoms with van der Waals surface area (Å²) in [7, 11) is 1.52. The molecule has 0 aromatic heterocycles. The summed E-state index contributed by atoms with van der Waals surface area (Å²) in [4.78, 5) is 3.58. The predicted molar refractivity (Wildman–Crippen MR) is 44.2 cm³/mol. The Hall–Kier alpha value is -0.720. The van der Waals surface area contributed by atoms with Crippen molar-refractivity contribution in [3.8, 4) is 0 Å². The minimum absolute atomic E-state index is 0.400. The summed E-state index contributed by atoms with van der Waals surface area (Å²) in [6, 6.07) is 0. The lowest BCUT2D eigenvalue weighted by molar-refractivity contribution is -0.0253. The zero-order chi connectivity index (χ0) is 9.84. The van der Waals surface area contributed by atoms with Gasteiger partial charge < -0.3 is 20.3 Å². The van der Waals surface area contributed by atoms with E-state index in [0.717, 1.165) is 0 Å². The van der Waals surface area contributed by atoms with Crippen LogP contribution < -0.4 is 5.32 Å². The molecule has 76 valence electrons. The maximum atomic E-state index is 13.1. The maximum absolute atomic E-state index is 13.1. The van der Waals surface area contributed by atoms with E-state index in [4.69, 9.17) is 9.84 Å². The Morgan fingerprint density at radius 3 is 2.85 bits per heavy atom. The van der Waals surface area contributed by atoms with Crippen molar-refractivity contribution in [2.75, 3.05) is 13.7 Å². The minimum Gasteiger partial charge on any atom is -0.394 e. The summed E-state index contributed by atoms with van der Waals surface area (Å²) in [5.41, 5.74) is 0. The number of aliphatic hydroxyl groups excluding tert-OH is 2. The van der Waals surface area contributed by atoms with Crippen LogP contribution in [0.15, 0.2) is 4.99 Å². The van der Waals surface area contributed by atoms with Gasteiger partial charge in [-0.15, -0.1) is 0 Å². The first kappa shape index (κ1) is 10.4. The zero-order valence-corrected chi connectivity index (χ0v) is 7.22. The van der Waals surface area contributed by atoms with Crippen LogP contribution in [0, 0.1) is 0 Å². The van der Waals surface area contributed by atoms with E-state index in [9.17, 15) is 9.50 Å². The van der Waals surface area contributed by atoms with Gasteiger partial charge in [0.1, 0.15) is 12.2 Å². The fourth-order valence-electron chi connectivity index (χ4n) is 1.16. The number of halogens is 1. The molecule has 1 fully saturated rings. The number of hydrogen-bond acceptors (Lipinski definition) is 4. The smallest absolute Gasteiger partial charge is 0.173 e. The van der Waals surface area contributed by atoms with E-state index < -0.39 is 31.2 Å².